The van der Waals surface area contributed by atoms with Gasteiger partial charge in [-0.2, -0.15) is 0 Å². The van der Waals surface area contributed by atoms with E-state index in [1.807, 2.05) is 48.5 Å². The van der Waals surface area contributed by atoms with Gasteiger partial charge in [0.2, 0.25) is 5.88 Å². The maximum absolute atomic E-state index is 11.7. The number of para-hydroxylation sites is 1. The van der Waals surface area contributed by atoms with Crippen molar-refractivity contribution >= 4 is 33.5 Å². The van der Waals surface area contributed by atoms with Crippen LogP contribution in [0.25, 0.3) is 33.0 Å². The Bertz CT molecular complexity index is 2170. The molecule has 3 N–H and O–H groups in total. The molecule has 48 heavy (non-hydrogen) atoms. The molecule has 244 valence electrons. The van der Waals surface area contributed by atoms with Gasteiger partial charge < -0.3 is 38.9 Å². The highest BCUT2D eigenvalue weighted by Gasteiger charge is 2.18. The first-order valence-electron chi connectivity index (χ1n) is 15.2. The first kappa shape index (κ1) is 31.4. The summed E-state index contributed by atoms with van der Waals surface area (Å²) in [6.45, 7) is 1.22. The Morgan fingerprint density at radius 1 is 0.938 bits per heavy atom. The van der Waals surface area contributed by atoms with Gasteiger partial charge >= 0.3 is 5.63 Å². The summed E-state index contributed by atoms with van der Waals surface area (Å²) in [4.78, 5) is 20.8. The van der Waals surface area contributed by atoms with E-state index in [0.29, 0.717) is 69.2 Å². The molecular formula is C36H30ClN3O8. The van der Waals surface area contributed by atoms with Gasteiger partial charge in [0.25, 0.3) is 0 Å². The van der Waals surface area contributed by atoms with Crippen molar-refractivity contribution in [3.05, 3.63) is 112 Å². The zero-order chi connectivity index (χ0) is 33.0. The fraction of sp³-hybridized carbons (Fsp3) is 0.194. The van der Waals surface area contributed by atoms with Crippen molar-refractivity contribution in [3.8, 4) is 40.0 Å². The van der Waals surface area contributed by atoms with Crippen LogP contribution in [0.15, 0.2) is 94.4 Å². The second-order valence-electron chi connectivity index (χ2n) is 11.1. The normalized spacial score (nSPS) is 13.1. The van der Waals surface area contributed by atoms with Gasteiger partial charge in [-0.15, -0.1) is 0 Å². The van der Waals surface area contributed by atoms with Crippen molar-refractivity contribution in [2.24, 2.45) is 0 Å². The second-order valence-corrected chi connectivity index (χ2v) is 11.5. The van der Waals surface area contributed by atoms with Gasteiger partial charge in [0.05, 0.1) is 28.6 Å². The fourth-order valence-corrected chi connectivity index (χ4v) is 5.64. The molecule has 0 unspecified atom stereocenters. The topological polar surface area (TPSA) is 145 Å². The number of fused-ring (bicyclic) bond motifs is 3. The average molecular weight is 668 g/mol. The van der Waals surface area contributed by atoms with Crippen LogP contribution >= 0.6 is 11.6 Å². The molecule has 11 nitrogen and oxygen atoms in total. The van der Waals surface area contributed by atoms with Crippen molar-refractivity contribution < 1.29 is 33.6 Å². The predicted octanol–water partition coefficient (Wildman–Crippen LogP) is 5.64. The van der Waals surface area contributed by atoms with Crippen LogP contribution in [0.4, 0.5) is 0 Å². The number of aromatic nitrogens is 2. The highest BCUT2D eigenvalue weighted by atomic mass is 35.5. The van der Waals surface area contributed by atoms with Crippen LogP contribution in [-0.2, 0) is 13.2 Å². The Balaban J connectivity index is 1.20. The minimum atomic E-state index is -0.919. The number of nitrogens with one attached hydrogen (secondary N) is 1. The molecule has 1 aliphatic heterocycles. The summed E-state index contributed by atoms with van der Waals surface area (Å²) < 4.78 is 29.4. The van der Waals surface area contributed by atoms with Crippen LogP contribution in [0.3, 0.4) is 0 Å². The molecule has 0 saturated heterocycles. The average Bonchev–Trinajstić information content (AvgIpc) is 3.11. The van der Waals surface area contributed by atoms with E-state index >= 15 is 0 Å². The van der Waals surface area contributed by atoms with E-state index in [2.05, 4.69) is 15.3 Å². The number of aliphatic hydroxyl groups excluding tert-OH is 2. The third-order valence-electron chi connectivity index (χ3n) is 7.79. The molecule has 0 saturated carbocycles. The van der Waals surface area contributed by atoms with Crippen LogP contribution in [0, 0.1) is 0 Å². The van der Waals surface area contributed by atoms with E-state index in [9.17, 15) is 15.0 Å². The predicted molar refractivity (Wildman–Crippen MR) is 179 cm³/mol. The zero-order valence-electron chi connectivity index (χ0n) is 25.5. The molecule has 0 amide bonds. The number of benzene rings is 4. The molecule has 0 spiro atoms. The lowest BCUT2D eigenvalue weighted by atomic mass is 10.0. The largest absolute Gasteiger partial charge is 0.488 e. The van der Waals surface area contributed by atoms with Crippen LogP contribution in [-0.4, -0.2) is 52.7 Å². The van der Waals surface area contributed by atoms with Crippen molar-refractivity contribution in [2.45, 2.75) is 19.3 Å². The minimum absolute atomic E-state index is 0.150. The maximum Gasteiger partial charge on any atom is 0.336 e. The maximum atomic E-state index is 11.7. The molecule has 1 atom stereocenters. The number of ether oxygens (including phenoxy) is 4. The molecular weight excluding hydrogens is 638 g/mol. The Morgan fingerprint density at radius 3 is 2.67 bits per heavy atom. The van der Waals surface area contributed by atoms with Gasteiger partial charge in [-0.1, -0.05) is 41.9 Å². The van der Waals surface area contributed by atoms with E-state index in [-0.39, 0.29) is 26.3 Å². The lowest BCUT2D eigenvalue weighted by molar-refractivity contribution is 0.0941. The van der Waals surface area contributed by atoms with E-state index in [1.165, 1.54) is 12.4 Å². The first-order valence-corrected chi connectivity index (χ1v) is 15.6. The van der Waals surface area contributed by atoms with Gasteiger partial charge in [0.1, 0.15) is 37.5 Å². The highest BCUT2D eigenvalue weighted by Crippen LogP contribution is 2.40. The van der Waals surface area contributed by atoms with Gasteiger partial charge in [-0.05, 0) is 47.5 Å². The van der Waals surface area contributed by atoms with Crippen LogP contribution in [0.2, 0.25) is 5.02 Å². The third-order valence-corrected chi connectivity index (χ3v) is 8.09. The summed E-state index contributed by atoms with van der Waals surface area (Å²) in [5.74, 6) is 2.44. The van der Waals surface area contributed by atoms with E-state index in [0.717, 1.165) is 22.1 Å². The summed E-state index contributed by atoms with van der Waals surface area (Å²) in [6.07, 6.45) is 0.519. The van der Waals surface area contributed by atoms with Crippen molar-refractivity contribution in [2.75, 3.05) is 26.4 Å². The SMILES string of the molecule is O=c1ccc2ccc(COc3cc(Oc4ncnc5c(-c6ccc7c(c6)OCCO7)cccc45)c(Cl)cc3CNC[C@@H](O)CO)cc2o1. The van der Waals surface area contributed by atoms with Crippen LogP contribution in [0.5, 0.6) is 28.9 Å². The van der Waals surface area contributed by atoms with Crippen LogP contribution in [0.1, 0.15) is 11.1 Å². The Labute approximate surface area is 279 Å². The molecule has 0 fully saturated rings. The summed E-state index contributed by atoms with van der Waals surface area (Å²) in [5.41, 5.74) is 3.93. The molecule has 2 aromatic heterocycles. The molecule has 6 aromatic rings. The number of aliphatic hydroxyl groups is 2. The smallest absolute Gasteiger partial charge is 0.336 e. The van der Waals surface area contributed by atoms with Gasteiger partial charge in [-0.25, -0.2) is 14.8 Å². The fourth-order valence-electron chi connectivity index (χ4n) is 5.41. The lowest BCUT2D eigenvalue weighted by Crippen LogP contribution is -2.29. The monoisotopic (exact) mass is 667 g/mol. The van der Waals surface area contributed by atoms with Crippen LogP contribution < -0.4 is 29.9 Å². The van der Waals surface area contributed by atoms with E-state index < -0.39 is 11.7 Å². The number of hydrogen-bond acceptors (Lipinski definition) is 11. The Hall–Kier alpha value is -5.20. The Kier molecular flexibility index (Phi) is 9.08. The quantitative estimate of drug-likeness (QED) is 0.148. The lowest BCUT2D eigenvalue weighted by Gasteiger charge is -2.19. The van der Waals surface area contributed by atoms with E-state index in [4.69, 9.17) is 35.0 Å². The number of hydrogen-bond donors (Lipinski definition) is 3. The van der Waals surface area contributed by atoms with Crippen molar-refractivity contribution in [1.29, 1.82) is 0 Å². The number of rotatable bonds is 11. The standard InChI is InChI=1S/C36H30ClN3O8/c37-28-13-24(16-38-17-25(42)18-41)30(46-19-21-4-5-22-7-9-34(43)47-31(22)12-21)15-32(28)48-36-27-3-1-2-26(35(27)39-20-40-36)23-6-8-29-33(14-23)45-11-10-44-29/h1-9,12-15,20,25,38,41-42H,10-11,16-19H2/t25-/m1/s1. The molecule has 1 aliphatic rings. The summed E-state index contributed by atoms with van der Waals surface area (Å²) in [5, 5.41) is 23.9. The molecule has 0 aliphatic carbocycles. The van der Waals surface area contributed by atoms with Gasteiger partial charge in [0, 0.05) is 41.7 Å². The molecule has 12 heteroatoms. The summed E-state index contributed by atoms with van der Waals surface area (Å²) >= 11 is 6.75. The van der Waals surface area contributed by atoms with Gasteiger partial charge in [0.15, 0.2) is 17.2 Å². The molecule has 7 rings (SSSR count). The van der Waals surface area contributed by atoms with Crippen molar-refractivity contribution in [3.63, 3.8) is 0 Å². The molecule has 0 radical (unpaired) electrons. The minimum Gasteiger partial charge on any atom is -0.488 e. The van der Waals surface area contributed by atoms with Gasteiger partial charge in [-0.3, -0.25) is 0 Å². The van der Waals surface area contributed by atoms with Crippen molar-refractivity contribution in [1.82, 2.24) is 15.3 Å². The summed E-state index contributed by atoms with van der Waals surface area (Å²) in [6, 6.07) is 23.5. The van der Waals surface area contributed by atoms with E-state index in [1.54, 1.807) is 24.3 Å². The first-order chi connectivity index (χ1) is 23.4. The molecule has 0 bridgehead atoms. The second kappa shape index (κ2) is 13.9. The zero-order valence-corrected chi connectivity index (χ0v) is 26.3. The Morgan fingerprint density at radius 2 is 1.79 bits per heavy atom. The third kappa shape index (κ3) is 6.76. The highest BCUT2D eigenvalue weighted by molar-refractivity contribution is 6.32. The number of halogens is 1. The molecule has 3 heterocycles. The number of nitrogens with zero attached hydrogens (tertiary/aromatic N) is 2. The molecule has 4 aromatic carbocycles. The summed E-state index contributed by atoms with van der Waals surface area (Å²) in [7, 11) is 0.